The summed E-state index contributed by atoms with van der Waals surface area (Å²) >= 11 is 0. The molecule has 140 valence electrons. The Balaban J connectivity index is 1.44. The fraction of sp³-hybridized carbons (Fsp3) is 0.130. The third-order valence-electron chi connectivity index (χ3n) is 4.67. The Kier molecular flexibility index (Phi) is 4.81. The largest absolute Gasteiger partial charge is 0.385 e. The number of anilines is 2. The minimum absolute atomic E-state index is 0.150. The van der Waals surface area contributed by atoms with Crippen LogP contribution in [0.15, 0.2) is 78.0 Å². The molecule has 0 spiro atoms. The van der Waals surface area contributed by atoms with Crippen LogP contribution in [0.5, 0.6) is 0 Å². The number of benzene rings is 3. The van der Waals surface area contributed by atoms with Crippen molar-refractivity contribution in [1.82, 2.24) is 0 Å². The van der Waals surface area contributed by atoms with E-state index in [0.29, 0.717) is 0 Å². The van der Waals surface area contributed by atoms with Gasteiger partial charge >= 0.3 is 0 Å². The van der Waals surface area contributed by atoms with Crippen LogP contribution in [0, 0.1) is 0 Å². The number of carbonyl (C=O) groups excluding carboxylic acids is 1. The van der Waals surface area contributed by atoms with E-state index >= 15 is 0 Å². The first kappa shape index (κ1) is 17.8. The predicted molar refractivity (Wildman–Crippen MR) is 113 cm³/mol. The van der Waals surface area contributed by atoms with Gasteiger partial charge in [0.15, 0.2) is 6.61 Å². The topological polar surface area (TPSA) is 53.9 Å². The average Bonchev–Trinajstić information content (AvgIpc) is 3.03. The van der Waals surface area contributed by atoms with E-state index in [0.717, 1.165) is 39.3 Å². The lowest BCUT2D eigenvalue weighted by Crippen LogP contribution is -2.17. The number of hydrogen-bond acceptors (Lipinski definition) is 4. The lowest BCUT2D eigenvalue weighted by molar-refractivity contribution is -0.120. The van der Waals surface area contributed by atoms with Crippen LogP contribution in [0.2, 0.25) is 0 Å². The fourth-order valence-corrected chi connectivity index (χ4v) is 3.29. The van der Waals surface area contributed by atoms with Gasteiger partial charge in [-0.15, -0.1) is 0 Å². The number of rotatable bonds is 5. The van der Waals surface area contributed by atoms with Crippen molar-refractivity contribution in [3.05, 3.63) is 83.9 Å². The lowest BCUT2D eigenvalue weighted by Gasteiger charge is -2.12. The molecule has 0 aromatic heterocycles. The van der Waals surface area contributed by atoms with E-state index in [1.54, 1.807) is 0 Å². The summed E-state index contributed by atoms with van der Waals surface area (Å²) in [5.41, 5.74) is 6.85. The first-order valence-corrected chi connectivity index (χ1v) is 9.10. The Hall–Kier alpha value is -3.60. The molecular formula is C23H21N3O2. The van der Waals surface area contributed by atoms with Crippen LogP contribution < -0.4 is 10.2 Å². The molecule has 0 saturated carbocycles. The lowest BCUT2D eigenvalue weighted by atomic mass is 10.1. The summed E-state index contributed by atoms with van der Waals surface area (Å²) in [4.78, 5) is 19.6. The van der Waals surface area contributed by atoms with E-state index in [2.05, 4.69) is 22.6 Å². The SMILES string of the molecule is CN(C)c1ccc(NC(=O)CON=C2c3ccccc3-c3ccccc32)cc1. The number of nitrogens with zero attached hydrogens (tertiary/aromatic N) is 2. The van der Waals surface area contributed by atoms with Crippen molar-refractivity contribution in [2.45, 2.75) is 0 Å². The highest BCUT2D eigenvalue weighted by Crippen LogP contribution is 2.36. The summed E-state index contributed by atoms with van der Waals surface area (Å²) in [7, 11) is 3.94. The van der Waals surface area contributed by atoms with Gasteiger partial charge in [-0.25, -0.2) is 0 Å². The molecule has 0 bridgehead atoms. The van der Waals surface area contributed by atoms with Gasteiger partial charge in [0.2, 0.25) is 0 Å². The molecule has 4 rings (SSSR count). The predicted octanol–water partition coefficient (Wildman–Crippen LogP) is 4.14. The number of fused-ring (bicyclic) bond motifs is 3. The summed E-state index contributed by atoms with van der Waals surface area (Å²) in [6.07, 6.45) is 0. The number of hydrogen-bond donors (Lipinski definition) is 1. The number of nitrogens with one attached hydrogen (secondary N) is 1. The molecule has 0 unspecified atom stereocenters. The van der Waals surface area contributed by atoms with Crippen LogP contribution in [0.3, 0.4) is 0 Å². The van der Waals surface area contributed by atoms with Gasteiger partial charge in [0.1, 0.15) is 5.71 Å². The maximum atomic E-state index is 12.2. The Morgan fingerprint density at radius 2 is 1.39 bits per heavy atom. The molecule has 0 radical (unpaired) electrons. The van der Waals surface area contributed by atoms with Crippen molar-refractivity contribution in [2.24, 2.45) is 5.16 Å². The molecule has 5 nitrogen and oxygen atoms in total. The highest BCUT2D eigenvalue weighted by atomic mass is 16.6. The van der Waals surface area contributed by atoms with Crippen molar-refractivity contribution in [1.29, 1.82) is 0 Å². The van der Waals surface area contributed by atoms with Crippen LogP contribution in [0.1, 0.15) is 11.1 Å². The van der Waals surface area contributed by atoms with E-state index in [1.807, 2.05) is 79.7 Å². The van der Waals surface area contributed by atoms with E-state index in [4.69, 9.17) is 4.84 Å². The molecule has 1 aliphatic carbocycles. The second-order valence-corrected chi connectivity index (χ2v) is 6.79. The van der Waals surface area contributed by atoms with Gasteiger partial charge in [-0.3, -0.25) is 4.79 Å². The van der Waals surface area contributed by atoms with Gasteiger partial charge in [0, 0.05) is 36.6 Å². The van der Waals surface area contributed by atoms with Crippen LogP contribution in [0.4, 0.5) is 11.4 Å². The van der Waals surface area contributed by atoms with Crippen LogP contribution in [-0.4, -0.2) is 32.3 Å². The molecule has 0 fully saturated rings. The highest BCUT2D eigenvalue weighted by molar-refractivity contribution is 6.24. The molecule has 0 heterocycles. The van der Waals surface area contributed by atoms with Crippen molar-refractivity contribution < 1.29 is 9.63 Å². The normalized spacial score (nSPS) is 11.4. The van der Waals surface area contributed by atoms with Crippen LogP contribution in [0.25, 0.3) is 11.1 Å². The molecule has 1 amide bonds. The first-order chi connectivity index (χ1) is 13.6. The van der Waals surface area contributed by atoms with Gasteiger partial charge in [0.25, 0.3) is 5.91 Å². The minimum atomic E-state index is -0.249. The second-order valence-electron chi connectivity index (χ2n) is 6.79. The highest BCUT2D eigenvalue weighted by Gasteiger charge is 2.24. The van der Waals surface area contributed by atoms with E-state index in [1.165, 1.54) is 0 Å². The van der Waals surface area contributed by atoms with Gasteiger partial charge in [-0.2, -0.15) is 0 Å². The van der Waals surface area contributed by atoms with E-state index in [9.17, 15) is 4.79 Å². The monoisotopic (exact) mass is 371 g/mol. The summed E-state index contributed by atoms with van der Waals surface area (Å²) in [6.45, 7) is -0.150. The van der Waals surface area contributed by atoms with Crippen LogP contribution >= 0.6 is 0 Å². The van der Waals surface area contributed by atoms with Crippen LogP contribution in [-0.2, 0) is 9.63 Å². The van der Waals surface area contributed by atoms with Crippen molar-refractivity contribution >= 4 is 23.0 Å². The molecule has 0 saturated heterocycles. The third kappa shape index (κ3) is 3.47. The zero-order valence-corrected chi connectivity index (χ0v) is 15.8. The Labute approximate surface area is 164 Å². The molecule has 0 atom stereocenters. The maximum absolute atomic E-state index is 12.2. The van der Waals surface area contributed by atoms with Crippen molar-refractivity contribution in [3.8, 4) is 11.1 Å². The van der Waals surface area contributed by atoms with Gasteiger partial charge in [-0.05, 0) is 35.4 Å². The van der Waals surface area contributed by atoms with E-state index < -0.39 is 0 Å². The average molecular weight is 371 g/mol. The number of oxime groups is 1. The zero-order valence-electron chi connectivity index (χ0n) is 15.8. The maximum Gasteiger partial charge on any atom is 0.265 e. The molecule has 3 aromatic carbocycles. The molecule has 28 heavy (non-hydrogen) atoms. The number of amides is 1. The summed E-state index contributed by atoms with van der Waals surface area (Å²) in [5.74, 6) is -0.249. The Morgan fingerprint density at radius 1 is 0.857 bits per heavy atom. The smallest absolute Gasteiger partial charge is 0.265 e. The standard InChI is InChI=1S/C23H21N3O2/c1-26(2)17-13-11-16(12-14-17)24-22(27)15-28-25-23-20-9-5-3-7-18(20)19-8-4-6-10-21(19)23/h3-14H,15H2,1-2H3,(H,24,27). The fourth-order valence-electron chi connectivity index (χ4n) is 3.29. The quantitative estimate of drug-likeness (QED) is 0.537. The third-order valence-corrected chi connectivity index (χ3v) is 4.67. The number of carbonyl (C=O) groups is 1. The molecule has 1 N–H and O–H groups in total. The zero-order chi connectivity index (χ0) is 19.5. The molecule has 0 aliphatic heterocycles. The summed E-state index contributed by atoms with van der Waals surface area (Å²) in [5, 5.41) is 7.09. The minimum Gasteiger partial charge on any atom is -0.385 e. The molecule has 1 aliphatic rings. The summed E-state index contributed by atoms with van der Waals surface area (Å²) in [6, 6.07) is 23.8. The molecular weight excluding hydrogens is 350 g/mol. The van der Waals surface area contributed by atoms with Gasteiger partial charge in [-0.1, -0.05) is 53.7 Å². The van der Waals surface area contributed by atoms with Gasteiger partial charge in [0.05, 0.1) is 0 Å². The molecule has 3 aromatic rings. The summed E-state index contributed by atoms with van der Waals surface area (Å²) < 4.78 is 0. The van der Waals surface area contributed by atoms with Crippen molar-refractivity contribution in [3.63, 3.8) is 0 Å². The Bertz CT molecular complexity index is 992. The van der Waals surface area contributed by atoms with E-state index in [-0.39, 0.29) is 12.5 Å². The van der Waals surface area contributed by atoms with Gasteiger partial charge < -0.3 is 15.1 Å². The first-order valence-electron chi connectivity index (χ1n) is 9.10. The van der Waals surface area contributed by atoms with Crippen molar-refractivity contribution in [2.75, 3.05) is 30.9 Å². The second kappa shape index (κ2) is 7.56. The Morgan fingerprint density at radius 3 is 1.93 bits per heavy atom. The molecule has 5 heteroatoms.